The Balaban J connectivity index is 2.51. The summed E-state index contributed by atoms with van der Waals surface area (Å²) >= 11 is 6.35. The lowest BCUT2D eigenvalue weighted by molar-refractivity contribution is -0.149. The van der Waals surface area contributed by atoms with E-state index < -0.39 is 24.3 Å². The monoisotopic (exact) mass is 425 g/mol. The van der Waals surface area contributed by atoms with E-state index in [0.29, 0.717) is 26.8 Å². The van der Waals surface area contributed by atoms with Crippen molar-refractivity contribution in [2.45, 2.75) is 20.8 Å². The highest BCUT2D eigenvalue weighted by molar-refractivity contribution is 6.49. The SMILES string of the molecule is CC1=C(C#N)C(=O)N(CC(=O)O)C(=O)\C1=C(C)/C=C(C)/C=C(\Cl)c1ccc(N)cc1. The fourth-order valence-corrected chi connectivity index (χ4v) is 3.36. The van der Waals surface area contributed by atoms with Crippen LogP contribution in [0.2, 0.25) is 0 Å². The molecule has 0 spiro atoms. The van der Waals surface area contributed by atoms with Crippen molar-refractivity contribution in [2.75, 3.05) is 12.3 Å². The normalized spacial score (nSPS) is 17.2. The number of carboxylic acids is 1. The molecule has 8 heteroatoms. The molecule has 1 heterocycles. The second-order valence-electron chi connectivity index (χ2n) is 6.76. The first-order chi connectivity index (χ1) is 14.1. The van der Waals surface area contributed by atoms with Gasteiger partial charge in [0.25, 0.3) is 11.8 Å². The summed E-state index contributed by atoms with van der Waals surface area (Å²) in [6.07, 6.45) is 3.38. The molecule has 0 saturated heterocycles. The molecule has 1 aliphatic heterocycles. The summed E-state index contributed by atoms with van der Waals surface area (Å²) in [5.74, 6) is -3.02. The Morgan fingerprint density at radius 1 is 1.20 bits per heavy atom. The summed E-state index contributed by atoms with van der Waals surface area (Å²) < 4.78 is 0. The average molecular weight is 426 g/mol. The smallest absolute Gasteiger partial charge is 0.323 e. The van der Waals surface area contributed by atoms with Crippen molar-refractivity contribution in [1.82, 2.24) is 4.90 Å². The van der Waals surface area contributed by atoms with Gasteiger partial charge < -0.3 is 10.8 Å². The molecule has 1 aromatic carbocycles. The maximum atomic E-state index is 12.8. The van der Waals surface area contributed by atoms with E-state index in [4.69, 9.17) is 22.4 Å². The molecule has 0 aliphatic carbocycles. The van der Waals surface area contributed by atoms with Crippen LogP contribution in [0.3, 0.4) is 0 Å². The summed E-state index contributed by atoms with van der Waals surface area (Å²) in [6.45, 7) is 4.10. The highest BCUT2D eigenvalue weighted by atomic mass is 35.5. The van der Waals surface area contributed by atoms with Crippen molar-refractivity contribution in [3.63, 3.8) is 0 Å². The van der Waals surface area contributed by atoms with E-state index in [2.05, 4.69) is 0 Å². The van der Waals surface area contributed by atoms with E-state index in [1.165, 1.54) is 6.92 Å². The molecule has 2 rings (SSSR count). The number of anilines is 1. The first kappa shape index (κ1) is 22.7. The van der Waals surface area contributed by atoms with Gasteiger partial charge in [0.05, 0.1) is 0 Å². The van der Waals surface area contributed by atoms with E-state index >= 15 is 0 Å². The first-order valence-corrected chi connectivity index (χ1v) is 9.26. The number of allylic oxidation sites excluding steroid dienone is 4. The van der Waals surface area contributed by atoms with Crippen molar-refractivity contribution >= 4 is 40.1 Å². The number of amides is 2. The van der Waals surface area contributed by atoms with Gasteiger partial charge in [-0.15, -0.1) is 0 Å². The van der Waals surface area contributed by atoms with Gasteiger partial charge in [-0.25, -0.2) is 0 Å². The Kier molecular flexibility index (Phi) is 6.98. The number of carbonyl (C=O) groups excluding carboxylic acids is 2. The lowest BCUT2D eigenvalue weighted by Gasteiger charge is -2.27. The lowest BCUT2D eigenvalue weighted by atomic mass is 9.91. The highest BCUT2D eigenvalue weighted by Crippen LogP contribution is 2.29. The molecular weight excluding hydrogens is 406 g/mol. The molecule has 0 atom stereocenters. The van der Waals surface area contributed by atoms with Gasteiger partial charge in [-0.05, 0) is 61.3 Å². The molecule has 0 fully saturated rings. The van der Waals surface area contributed by atoms with Crippen molar-refractivity contribution < 1.29 is 19.5 Å². The second-order valence-corrected chi connectivity index (χ2v) is 7.17. The van der Waals surface area contributed by atoms with E-state index in [9.17, 15) is 19.6 Å². The summed E-state index contributed by atoms with van der Waals surface area (Å²) in [6, 6.07) is 8.77. The standard InChI is InChI=1S/C22H20ClN3O4/c1-12(9-18(23)15-4-6-16(25)7-5-15)8-13(2)20-14(3)17(10-24)21(29)26(22(20)30)11-19(27)28/h4-9H,11,25H2,1-3H3,(H,27,28)/b12-8+,18-9-,20-13-. The largest absolute Gasteiger partial charge is 0.480 e. The number of benzene rings is 1. The predicted molar refractivity (Wildman–Crippen MR) is 114 cm³/mol. The summed E-state index contributed by atoms with van der Waals surface area (Å²) in [5, 5.41) is 18.8. The molecule has 0 bridgehead atoms. The number of aliphatic carboxylic acids is 1. The van der Waals surface area contributed by atoms with Crippen LogP contribution in [-0.4, -0.2) is 34.3 Å². The van der Waals surface area contributed by atoms with Crippen LogP contribution in [0.4, 0.5) is 5.69 Å². The maximum absolute atomic E-state index is 12.8. The van der Waals surface area contributed by atoms with E-state index in [-0.39, 0.29) is 16.7 Å². The Morgan fingerprint density at radius 3 is 2.33 bits per heavy atom. The number of halogens is 1. The Bertz CT molecular complexity index is 1090. The number of carbonyl (C=O) groups is 3. The fourth-order valence-electron chi connectivity index (χ4n) is 3.06. The number of carboxylic acid groups (broad SMARTS) is 1. The van der Waals surface area contributed by atoms with Crippen LogP contribution >= 0.6 is 11.6 Å². The zero-order valence-corrected chi connectivity index (χ0v) is 17.4. The minimum Gasteiger partial charge on any atom is -0.480 e. The predicted octanol–water partition coefficient (Wildman–Crippen LogP) is 3.40. The molecular formula is C22H20ClN3O4. The van der Waals surface area contributed by atoms with Gasteiger partial charge in [0.2, 0.25) is 0 Å². The van der Waals surface area contributed by atoms with E-state index in [0.717, 1.165) is 5.56 Å². The quantitative estimate of drug-likeness (QED) is 0.322. The van der Waals surface area contributed by atoms with Gasteiger partial charge in [-0.1, -0.05) is 29.8 Å². The van der Waals surface area contributed by atoms with Gasteiger partial charge in [0.1, 0.15) is 18.2 Å². The molecule has 0 unspecified atom stereocenters. The number of rotatable bonds is 5. The van der Waals surface area contributed by atoms with Crippen molar-refractivity contribution in [2.24, 2.45) is 0 Å². The fraction of sp³-hybridized carbons (Fsp3) is 0.182. The van der Waals surface area contributed by atoms with Gasteiger partial charge in [0.15, 0.2) is 0 Å². The Hall–Kier alpha value is -3.63. The van der Waals surface area contributed by atoms with Gasteiger partial charge in [0, 0.05) is 16.3 Å². The third kappa shape index (κ3) is 4.85. The van der Waals surface area contributed by atoms with Crippen molar-refractivity contribution in [3.8, 4) is 6.07 Å². The summed E-state index contributed by atoms with van der Waals surface area (Å²) in [5.41, 5.74) is 8.30. The molecule has 0 aromatic heterocycles. The van der Waals surface area contributed by atoms with Crippen LogP contribution in [0, 0.1) is 11.3 Å². The molecule has 1 aromatic rings. The van der Waals surface area contributed by atoms with Gasteiger partial charge in [-0.2, -0.15) is 5.26 Å². The van der Waals surface area contributed by atoms with Crippen LogP contribution in [0.1, 0.15) is 26.3 Å². The van der Waals surface area contributed by atoms with Crippen LogP contribution < -0.4 is 5.73 Å². The Labute approximate surface area is 179 Å². The molecule has 1 aliphatic rings. The van der Waals surface area contributed by atoms with E-state index in [1.54, 1.807) is 56.3 Å². The first-order valence-electron chi connectivity index (χ1n) is 8.88. The average Bonchev–Trinajstić information content (AvgIpc) is 2.65. The number of imide groups is 1. The summed E-state index contributed by atoms with van der Waals surface area (Å²) in [4.78, 5) is 36.7. The molecule has 3 N–H and O–H groups in total. The number of nitrogens with two attached hydrogens (primary N) is 1. The van der Waals surface area contributed by atoms with Gasteiger partial charge in [-0.3, -0.25) is 19.3 Å². The van der Waals surface area contributed by atoms with Crippen LogP contribution in [0.15, 0.2) is 64.3 Å². The molecule has 7 nitrogen and oxygen atoms in total. The van der Waals surface area contributed by atoms with Crippen LogP contribution in [-0.2, 0) is 14.4 Å². The van der Waals surface area contributed by atoms with Gasteiger partial charge >= 0.3 is 5.97 Å². The highest BCUT2D eigenvalue weighted by Gasteiger charge is 2.37. The maximum Gasteiger partial charge on any atom is 0.323 e. The topological polar surface area (TPSA) is 124 Å². The van der Waals surface area contributed by atoms with Crippen molar-refractivity contribution in [1.29, 1.82) is 5.26 Å². The number of nitriles is 1. The summed E-state index contributed by atoms with van der Waals surface area (Å²) in [7, 11) is 0. The molecule has 154 valence electrons. The Morgan fingerprint density at radius 2 is 1.80 bits per heavy atom. The lowest BCUT2D eigenvalue weighted by Crippen LogP contribution is -2.45. The zero-order chi connectivity index (χ0) is 22.6. The minimum atomic E-state index is -1.35. The number of nitrogen functional groups attached to an aromatic ring is 1. The number of hydrogen-bond donors (Lipinski definition) is 2. The minimum absolute atomic E-state index is 0.115. The van der Waals surface area contributed by atoms with Crippen LogP contribution in [0.25, 0.3) is 5.03 Å². The molecule has 0 radical (unpaired) electrons. The molecule has 30 heavy (non-hydrogen) atoms. The third-order valence-corrected chi connectivity index (χ3v) is 4.78. The van der Waals surface area contributed by atoms with Crippen molar-refractivity contribution in [3.05, 3.63) is 69.8 Å². The molecule has 0 saturated carbocycles. The number of hydrogen-bond acceptors (Lipinski definition) is 5. The third-order valence-electron chi connectivity index (χ3n) is 4.45. The number of nitrogens with zero attached hydrogens (tertiary/aromatic N) is 2. The zero-order valence-electron chi connectivity index (χ0n) is 16.7. The second kappa shape index (κ2) is 9.25. The van der Waals surface area contributed by atoms with Crippen LogP contribution in [0.5, 0.6) is 0 Å². The van der Waals surface area contributed by atoms with E-state index in [1.807, 2.05) is 0 Å². The molecule has 2 amide bonds.